The average Bonchev–Trinajstić information content (AvgIpc) is 2.94. The molecule has 29 heavy (non-hydrogen) atoms. The Labute approximate surface area is 169 Å². The zero-order valence-corrected chi connectivity index (χ0v) is 17.2. The van der Waals surface area contributed by atoms with Crippen LogP contribution in [0.25, 0.3) is 0 Å². The van der Waals surface area contributed by atoms with E-state index in [9.17, 15) is 14.4 Å². The number of nitrogens with one attached hydrogen (secondary N) is 2. The number of rotatable bonds is 6. The molecule has 0 radical (unpaired) electrons. The Morgan fingerprint density at radius 3 is 2.38 bits per heavy atom. The summed E-state index contributed by atoms with van der Waals surface area (Å²) in [5, 5.41) is 5.53. The van der Waals surface area contributed by atoms with Gasteiger partial charge >= 0.3 is 6.03 Å². The van der Waals surface area contributed by atoms with E-state index >= 15 is 0 Å². The Bertz CT molecular complexity index is 801. The SMILES string of the molecule is COc1cc(NC(=O)CN2C(=O)NC3(CCCCC3C)C2=O)cc(OC)c1OC. The molecule has 1 aliphatic carbocycles. The maximum absolute atomic E-state index is 13.0. The summed E-state index contributed by atoms with van der Waals surface area (Å²) in [6.07, 6.45) is 3.39. The fraction of sp³-hybridized carbons (Fsp3) is 0.550. The molecule has 9 nitrogen and oxygen atoms in total. The van der Waals surface area contributed by atoms with Gasteiger partial charge in [0.25, 0.3) is 5.91 Å². The topological polar surface area (TPSA) is 106 Å². The highest BCUT2D eigenvalue weighted by molar-refractivity contribution is 6.10. The highest BCUT2D eigenvalue weighted by Crippen LogP contribution is 2.40. The molecule has 1 aromatic rings. The van der Waals surface area contributed by atoms with Gasteiger partial charge in [-0.1, -0.05) is 19.8 Å². The fourth-order valence-electron chi connectivity index (χ4n) is 4.14. The van der Waals surface area contributed by atoms with Gasteiger partial charge in [-0.05, 0) is 18.8 Å². The Kier molecular flexibility index (Phi) is 5.86. The summed E-state index contributed by atoms with van der Waals surface area (Å²) in [4.78, 5) is 39.0. The summed E-state index contributed by atoms with van der Waals surface area (Å²) in [7, 11) is 4.43. The lowest BCUT2D eigenvalue weighted by molar-refractivity contribution is -0.136. The molecule has 1 saturated carbocycles. The molecular weight excluding hydrogens is 378 g/mol. The third-order valence-electron chi connectivity index (χ3n) is 5.75. The van der Waals surface area contributed by atoms with Crippen LogP contribution in [0, 0.1) is 5.92 Å². The number of hydrogen-bond donors (Lipinski definition) is 2. The molecule has 158 valence electrons. The Morgan fingerprint density at radius 2 is 1.83 bits per heavy atom. The maximum atomic E-state index is 13.0. The number of urea groups is 1. The van der Waals surface area contributed by atoms with Crippen LogP contribution >= 0.6 is 0 Å². The van der Waals surface area contributed by atoms with Crippen LogP contribution in [0.5, 0.6) is 17.2 Å². The number of methoxy groups -OCH3 is 3. The minimum Gasteiger partial charge on any atom is -0.493 e. The molecule has 2 aliphatic rings. The molecule has 9 heteroatoms. The molecule has 1 spiro atoms. The predicted molar refractivity (Wildman–Crippen MR) is 105 cm³/mol. The van der Waals surface area contributed by atoms with Crippen molar-refractivity contribution < 1.29 is 28.6 Å². The van der Waals surface area contributed by atoms with Crippen molar-refractivity contribution in [3.63, 3.8) is 0 Å². The lowest BCUT2D eigenvalue weighted by Gasteiger charge is -2.36. The van der Waals surface area contributed by atoms with E-state index < -0.39 is 17.5 Å². The van der Waals surface area contributed by atoms with E-state index in [0.29, 0.717) is 29.4 Å². The third-order valence-corrected chi connectivity index (χ3v) is 5.75. The molecule has 0 aromatic heterocycles. The summed E-state index contributed by atoms with van der Waals surface area (Å²) < 4.78 is 15.8. The zero-order chi connectivity index (χ0) is 21.2. The van der Waals surface area contributed by atoms with Crippen molar-refractivity contribution in [3.8, 4) is 17.2 Å². The Morgan fingerprint density at radius 1 is 1.17 bits per heavy atom. The van der Waals surface area contributed by atoms with E-state index in [0.717, 1.165) is 24.2 Å². The van der Waals surface area contributed by atoms with E-state index in [1.54, 1.807) is 12.1 Å². The number of imide groups is 1. The zero-order valence-electron chi connectivity index (χ0n) is 17.2. The van der Waals surface area contributed by atoms with Crippen molar-refractivity contribution in [2.24, 2.45) is 5.92 Å². The van der Waals surface area contributed by atoms with Gasteiger partial charge in [-0.25, -0.2) is 4.79 Å². The minimum absolute atomic E-state index is 0.0378. The number of carbonyl (C=O) groups is 3. The van der Waals surface area contributed by atoms with Crippen LogP contribution in [0.3, 0.4) is 0 Å². The number of nitrogens with zero attached hydrogens (tertiary/aromatic N) is 1. The molecular formula is C20H27N3O6. The highest BCUT2D eigenvalue weighted by atomic mass is 16.5. The summed E-state index contributed by atoms with van der Waals surface area (Å²) in [6, 6.07) is 2.63. The fourth-order valence-corrected chi connectivity index (χ4v) is 4.14. The first-order chi connectivity index (χ1) is 13.9. The number of ether oxygens (including phenoxy) is 3. The summed E-state index contributed by atoms with van der Waals surface area (Å²) in [5.41, 5.74) is -0.486. The molecule has 2 N–H and O–H groups in total. The second kappa shape index (κ2) is 8.18. The van der Waals surface area contributed by atoms with E-state index in [1.165, 1.54) is 21.3 Å². The third kappa shape index (κ3) is 3.68. The van der Waals surface area contributed by atoms with Crippen LogP contribution in [-0.2, 0) is 9.59 Å². The van der Waals surface area contributed by atoms with Crippen LogP contribution in [0.4, 0.5) is 10.5 Å². The minimum atomic E-state index is -0.887. The van der Waals surface area contributed by atoms with Crippen molar-refractivity contribution in [3.05, 3.63) is 12.1 Å². The maximum Gasteiger partial charge on any atom is 0.325 e. The Hall–Kier alpha value is -2.97. The smallest absolute Gasteiger partial charge is 0.325 e. The molecule has 1 heterocycles. The van der Waals surface area contributed by atoms with Crippen LogP contribution < -0.4 is 24.8 Å². The molecule has 1 aromatic carbocycles. The first-order valence-corrected chi connectivity index (χ1v) is 9.60. The first kappa shape index (κ1) is 20.8. The van der Waals surface area contributed by atoms with Crippen LogP contribution in [0.2, 0.25) is 0 Å². The van der Waals surface area contributed by atoms with Gasteiger partial charge in [0, 0.05) is 17.8 Å². The standard InChI is InChI=1S/C20H27N3O6/c1-12-7-5-6-8-20(12)18(25)23(19(26)22-20)11-16(24)21-13-9-14(27-2)17(29-4)15(10-13)28-3/h9-10,12H,5-8,11H2,1-4H3,(H,21,24)(H,22,26). The van der Waals surface area contributed by atoms with Crippen molar-refractivity contribution in [1.29, 1.82) is 0 Å². The number of benzene rings is 1. The van der Waals surface area contributed by atoms with Gasteiger partial charge in [0.05, 0.1) is 21.3 Å². The highest BCUT2D eigenvalue weighted by Gasteiger charge is 2.55. The summed E-state index contributed by atoms with van der Waals surface area (Å²) in [5.74, 6) is 0.378. The molecule has 0 bridgehead atoms. The van der Waals surface area contributed by atoms with E-state index in [4.69, 9.17) is 14.2 Å². The van der Waals surface area contributed by atoms with Crippen molar-refractivity contribution in [2.75, 3.05) is 33.2 Å². The Balaban J connectivity index is 1.74. The average molecular weight is 405 g/mol. The van der Waals surface area contributed by atoms with E-state index in [1.807, 2.05) is 6.92 Å². The molecule has 4 amide bonds. The predicted octanol–water partition coefficient (Wildman–Crippen LogP) is 2.15. The van der Waals surface area contributed by atoms with Crippen LogP contribution in [0.15, 0.2) is 12.1 Å². The second-order valence-corrected chi connectivity index (χ2v) is 7.40. The van der Waals surface area contributed by atoms with E-state index in [2.05, 4.69) is 10.6 Å². The monoisotopic (exact) mass is 405 g/mol. The molecule has 2 atom stereocenters. The van der Waals surface area contributed by atoms with Crippen molar-refractivity contribution >= 4 is 23.5 Å². The van der Waals surface area contributed by atoms with Gasteiger partial charge in [0.1, 0.15) is 12.1 Å². The quantitative estimate of drug-likeness (QED) is 0.703. The number of hydrogen-bond acceptors (Lipinski definition) is 6. The van der Waals surface area contributed by atoms with E-state index in [-0.39, 0.29) is 18.4 Å². The van der Waals surface area contributed by atoms with Crippen molar-refractivity contribution in [2.45, 2.75) is 38.1 Å². The largest absolute Gasteiger partial charge is 0.493 e. The number of anilines is 1. The van der Waals surface area contributed by atoms with Crippen molar-refractivity contribution in [1.82, 2.24) is 10.2 Å². The van der Waals surface area contributed by atoms with Crippen LogP contribution in [-0.4, -0.2) is 56.2 Å². The molecule has 3 rings (SSSR count). The lowest BCUT2D eigenvalue weighted by Crippen LogP contribution is -2.54. The normalized spacial score (nSPS) is 23.7. The molecule has 2 fully saturated rings. The van der Waals surface area contributed by atoms with Gasteiger partial charge in [-0.3, -0.25) is 14.5 Å². The number of amides is 4. The van der Waals surface area contributed by atoms with Gasteiger partial charge in [-0.2, -0.15) is 0 Å². The summed E-state index contributed by atoms with van der Waals surface area (Å²) >= 11 is 0. The summed E-state index contributed by atoms with van der Waals surface area (Å²) in [6.45, 7) is 1.60. The second-order valence-electron chi connectivity index (χ2n) is 7.40. The number of carbonyl (C=O) groups excluding carboxylic acids is 3. The first-order valence-electron chi connectivity index (χ1n) is 9.60. The molecule has 2 unspecified atom stereocenters. The van der Waals surface area contributed by atoms with Gasteiger partial charge in [0.15, 0.2) is 11.5 Å². The van der Waals surface area contributed by atoms with Gasteiger partial charge in [-0.15, -0.1) is 0 Å². The van der Waals surface area contributed by atoms with Gasteiger partial charge in [0.2, 0.25) is 11.7 Å². The van der Waals surface area contributed by atoms with Gasteiger partial charge < -0.3 is 24.8 Å². The lowest BCUT2D eigenvalue weighted by atomic mass is 9.73. The molecule has 1 aliphatic heterocycles. The van der Waals surface area contributed by atoms with Crippen LogP contribution in [0.1, 0.15) is 32.6 Å². The molecule has 1 saturated heterocycles.